The molecular formula is C18H12IN. The second kappa shape index (κ2) is 4.35. The van der Waals surface area contributed by atoms with Crippen molar-refractivity contribution in [1.29, 1.82) is 0 Å². The van der Waals surface area contributed by atoms with Gasteiger partial charge in [-0.05, 0) is 39.6 Å². The lowest BCUT2D eigenvalue weighted by Gasteiger charge is -2.08. The Balaban J connectivity index is 2.42. The van der Waals surface area contributed by atoms with Gasteiger partial charge in [0, 0.05) is 25.2 Å². The smallest absolute Gasteiger partial charge is 0.0551 e. The van der Waals surface area contributed by atoms with Crippen LogP contribution in [0.5, 0.6) is 0 Å². The summed E-state index contributed by atoms with van der Waals surface area (Å²) in [6.45, 7) is 4.02. The first kappa shape index (κ1) is 12.0. The maximum Gasteiger partial charge on any atom is 0.0551 e. The topological polar surface area (TPSA) is 15.8 Å². The lowest BCUT2D eigenvalue weighted by molar-refractivity contribution is 1.56. The Labute approximate surface area is 130 Å². The van der Waals surface area contributed by atoms with E-state index in [1.165, 1.54) is 41.7 Å². The molecule has 3 aromatic carbocycles. The summed E-state index contributed by atoms with van der Waals surface area (Å²) in [5, 5.41) is 5.09. The number of halogens is 1. The number of nitrogens with one attached hydrogen (secondary N) is 1. The number of para-hydroxylation sites is 1. The lowest BCUT2D eigenvalue weighted by Crippen LogP contribution is -1.86. The summed E-state index contributed by atoms with van der Waals surface area (Å²) < 4.78 is 1.27. The van der Waals surface area contributed by atoms with Gasteiger partial charge in [-0.15, -0.1) is 0 Å². The fourth-order valence-electron chi connectivity index (χ4n) is 2.96. The van der Waals surface area contributed by atoms with E-state index >= 15 is 0 Å². The van der Waals surface area contributed by atoms with Crippen molar-refractivity contribution in [3.8, 4) is 0 Å². The van der Waals surface area contributed by atoms with Crippen molar-refractivity contribution >= 4 is 61.2 Å². The van der Waals surface area contributed by atoms with Crippen molar-refractivity contribution < 1.29 is 0 Å². The van der Waals surface area contributed by atoms with Crippen molar-refractivity contribution in [2.24, 2.45) is 0 Å². The molecule has 4 aromatic rings. The minimum Gasteiger partial charge on any atom is -0.354 e. The van der Waals surface area contributed by atoms with Crippen LogP contribution in [0.2, 0.25) is 0 Å². The van der Waals surface area contributed by atoms with E-state index in [-0.39, 0.29) is 0 Å². The minimum atomic E-state index is 1.18. The molecule has 0 bridgehead atoms. The van der Waals surface area contributed by atoms with Gasteiger partial charge in [0.05, 0.1) is 5.52 Å². The number of aromatic amines is 1. The monoisotopic (exact) mass is 369 g/mol. The van der Waals surface area contributed by atoms with E-state index in [0.29, 0.717) is 0 Å². The molecule has 0 spiro atoms. The fourth-order valence-corrected chi connectivity index (χ4v) is 3.92. The van der Waals surface area contributed by atoms with Gasteiger partial charge in [-0.3, -0.25) is 0 Å². The Hall–Kier alpha value is -1.81. The molecule has 0 aliphatic carbocycles. The molecule has 4 rings (SSSR count). The molecular weight excluding hydrogens is 357 g/mol. The number of benzene rings is 3. The van der Waals surface area contributed by atoms with Crippen LogP contribution < -0.4 is 0 Å². The van der Waals surface area contributed by atoms with Gasteiger partial charge in [0.25, 0.3) is 0 Å². The quantitative estimate of drug-likeness (QED) is 0.413. The molecule has 0 radical (unpaired) electrons. The number of fused-ring (bicyclic) bond motifs is 5. The second-order valence-electron chi connectivity index (χ2n) is 4.90. The van der Waals surface area contributed by atoms with Gasteiger partial charge in [-0.25, -0.2) is 0 Å². The van der Waals surface area contributed by atoms with E-state index in [2.05, 4.69) is 82.7 Å². The molecule has 0 aliphatic heterocycles. The molecule has 0 saturated carbocycles. The first-order valence-corrected chi connectivity index (χ1v) is 7.62. The molecule has 1 heterocycles. The van der Waals surface area contributed by atoms with E-state index in [9.17, 15) is 0 Å². The van der Waals surface area contributed by atoms with Crippen LogP contribution in [-0.4, -0.2) is 4.98 Å². The summed E-state index contributed by atoms with van der Waals surface area (Å²) in [4.78, 5) is 3.57. The largest absolute Gasteiger partial charge is 0.354 e. The second-order valence-corrected chi connectivity index (χ2v) is 5.98. The van der Waals surface area contributed by atoms with E-state index in [4.69, 9.17) is 0 Å². The molecule has 0 aliphatic rings. The molecule has 1 nitrogen and oxygen atoms in total. The summed E-state index contributed by atoms with van der Waals surface area (Å²) in [5.74, 6) is 0. The maximum absolute atomic E-state index is 4.02. The predicted molar refractivity (Wildman–Crippen MR) is 96.1 cm³/mol. The zero-order valence-corrected chi connectivity index (χ0v) is 12.9. The van der Waals surface area contributed by atoms with Crippen LogP contribution in [0.1, 0.15) is 5.56 Å². The molecule has 0 atom stereocenters. The first-order valence-electron chi connectivity index (χ1n) is 6.54. The van der Waals surface area contributed by atoms with Crippen molar-refractivity contribution in [1.82, 2.24) is 4.98 Å². The molecule has 0 saturated heterocycles. The summed E-state index contributed by atoms with van der Waals surface area (Å²) >= 11 is 2.43. The third kappa shape index (κ3) is 1.48. The van der Waals surface area contributed by atoms with Crippen LogP contribution in [0.25, 0.3) is 38.7 Å². The van der Waals surface area contributed by atoms with Gasteiger partial charge < -0.3 is 4.98 Å². The van der Waals surface area contributed by atoms with Gasteiger partial charge in [-0.2, -0.15) is 0 Å². The summed E-state index contributed by atoms with van der Waals surface area (Å²) in [6.07, 6.45) is 1.97. The Kier molecular flexibility index (Phi) is 2.60. The first-order chi connectivity index (χ1) is 9.81. The van der Waals surface area contributed by atoms with Crippen LogP contribution in [0, 0.1) is 3.57 Å². The van der Waals surface area contributed by atoms with Crippen LogP contribution in [0.15, 0.2) is 55.1 Å². The van der Waals surface area contributed by atoms with Gasteiger partial charge in [0.1, 0.15) is 0 Å². The summed E-state index contributed by atoms with van der Waals surface area (Å²) in [7, 11) is 0. The van der Waals surface area contributed by atoms with Gasteiger partial charge in [0.15, 0.2) is 0 Å². The molecule has 20 heavy (non-hydrogen) atoms. The highest BCUT2D eigenvalue weighted by Gasteiger charge is 2.14. The molecule has 0 amide bonds. The molecule has 2 heteroatoms. The lowest BCUT2D eigenvalue weighted by atomic mass is 10.0. The maximum atomic E-state index is 4.02. The number of H-pyrrole nitrogens is 1. The average Bonchev–Trinajstić information content (AvgIpc) is 2.88. The van der Waals surface area contributed by atoms with Crippen LogP contribution >= 0.6 is 22.6 Å². The Morgan fingerprint density at radius 3 is 2.30 bits per heavy atom. The third-order valence-electron chi connectivity index (χ3n) is 3.85. The Bertz CT molecular complexity index is 979. The molecule has 1 N–H and O–H groups in total. The standard InChI is InChI=1S/C18H12IN/c1-2-11-16-14-9-5-6-10-15(14)20-18(16)13-8-4-3-7-12(13)17(11)19/h2-10,20H,1H2. The molecule has 0 unspecified atom stereocenters. The van der Waals surface area contributed by atoms with Gasteiger partial charge in [0.2, 0.25) is 0 Å². The highest BCUT2D eigenvalue weighted by atomic mass is 127. The number of hydrogen-bond acceptors (Lipinski definition) is 0. The number of aromatic nitrogens is 1. The van der Waals surface area contributed by atoms with Crippen LogP contribution in [-0.2, 0) is 0 Å². The SMILES string of the molecule is C=Cc1c(I)c2ccccc2c2[nH]c3ccccc3c12. The summed E-state index contributed by atoms with van der Waals surface area (Å²) in [6, 6.07) is 17.0. The highest BCUT2D eigenvalue weighted by Crippen LogP contribution is 2.38. The van der Waals surface area contributed by atoms with Crippen molar-refractivity contribution in [2.45, 2.75) is 0 Å². The van der Waals surface area contributed by atoms with E-state index < -0.39 is 0 Å². The van der Waals surface area contributed by atoms with Gasteiger partial charge in [-0.1, -0.05) is 55.1 Å². The highest BCUT2D eigenvalue weighted by molar-refractivity contribution is 14.1. The molecule has 96 valence electrons. The van der Waals surface area contributed by atoms with Crippen LogP contribution in [0.4, 0.5) is 0 Å². The summed E-state index contributed by atoms with van der Waals surface area (Å²) in [5.41, 5.74) is 3.60. The third-order valence-corrected chi connectivity index (χ3v) is 5.01. The van der Waals surface area contributed by atoms with E-state index in [0.717, 1.165) is 0 Å². The van der Waals surface area contributed by atoms with Crippen molar-refractivity contribution in [2.75, 3.05) is 0 Å². The van der Waals surface area contributed by atoms with E-state index in [1.807, 2.05) is 6.08 Å². The fraction of sp³-hybridized carbons (Fsp3) is 0. The van der Waals surface area contributed by atoms with Crippen molar-refractivity contribution in [3.63, 3.8) is 0 Å². The minimum absolute atomic E-state index is 1.18. The number of rotatable bonds is 1. The number of hydrogen-bond donors (Lipinski definition) is 1. The van der Waals surface area contributed by atoms with E-state index in [1.54, 1.807) is 0 Å². The molecule has 1 aromatic heterocycles. The average molecular weight is 369 g/mol. The molecule has 0 fully saturated rings. The Morgan fingerprint density at radius 1 is 0.900 bits per heavy atom. The zero-order valence-electron chi connectivity index (χ0n) is 10.8. The normalized spacial score (nSPS) is 11.4. The van der Waals surface area contributed by atoms with Gasteiger partial charge >= 0.3 is 0 Å². The van der Waals surface area contributed by atoms with Crippen LogP contribution in [0.3, 0.4) is 0 Å². The predicted octanol–water partition coefficient (Wildman–Crippen LogP) is 5.72. The zero-order chi connectivity index (χ0) is 13.7. The van der Waals surface area contributed by atoms with Crippen molar-refractivity contribution in [3.05, 3.63) is 64.2 Å². The Morgan fingerprint density at radius 2 is 1.55 bits per heavy atom.